The van der Waals surface area contributed by atoms with E-state index in [1.54, 1.807) is 6.92 Å². The summed E-state index contributed by atoms with van der Waals surface area (Å²) >= 11 is 0. The number of aliphatic hydroxyl groups is 2. The van der Waals surface area contributed by atoms with Crippen LogP contribution in [0.5, 0.6) is 0 Å². The second-order valence-electron chi connectivity index (χ2n) is 5.99. The van der Waals surface area contributed by atoms with Gasteiger partial charge in [0, 0.05) is 18.2 Å². The molecule has 2 heterocycles. The van der Waals surface area contributed by atoms with Crippen LogP contribution in [0.2, 0.25) is 0 Å². The van der Waals surface area contributed by atoms with Crippen LogP contribution in [-0.2, 0) is 11.3 Å². The summed E-state index contributed by atoms with van der Waals surface area (Å²) in [7, 11) is 0. The molecule has 0 bridgehead atoms. The van der Waals surface area contributed by atoms with Crippen molar-refractivity contribution in [3.63, 3.8) is 0 Å². The minimum atomic E-state index is -0.846. The van der Waals surface area contributed by atoms with Crippen molar-refractivity contribution < 1.29 is 14.9 Å². The summed E-state index contributed by atoms with van der Waals surface area (Å²) in [5.74, 6) is 0. The predicted octanol–water partition coefficient (Wildman–Crippen LogP) is 0.00742. The van der Waals surface area contributed by atoms with Crippen LogP contribution in [0.4, 0.5) is 0 Å². The first-order valence-electron chi connectivity index (χ1n) is 7.82. The van der Waals surface area contributed by atoms with Gasteiger partial charge >= 0.3 is 5.69 Å². The van der Waals surface area contributed by atoms with E-state index in [0.29, 0.717) is 5.56 Å². The summed E-state index contributed by atoms with van der Waals surface area (Å²) in [5, 5.41) is 19.1. The molecule has 2 N–H and O–H groups in total. The van der Waals surface area contributed by atoms with Crippen molar-refractivity contribution >= 4 is 0 Å². The number of hydrogen-bond acceptors (Lipinski definition) is 5. The molecule has 24 heavy (non-hydrogen) atoms. The lowest BCUT2D eigenvalue weighted by Crippen LogP contribution is -2.42. The molecule has 0 radical (unpaired) electrons. The fourth-order valence-corrected chi connectivity index (χ4v) is 2.92. The summed E-state index contributed by atoms with van der Waals surface area (Å²) in [5.41, 5.74) is 0.410. The molecule has 1 saturated heterocycles. The van der Waals surface area contributed by atoms with Crippen LogP contribution < -0.4 is 11.2 Å². The Kier molecular flexibility index (Phi) is 4.66. The zero-order chi connectivity index (χ0) is 17.3. The van der Waals surface area contributed by atoms with Gasteiger partial charge in [-0.15, -0.1) is 0 Å². The molecule has 0 spiro atoms. The summed E-state index contributed by atoms with van der Waals surface area (Å²) in [6, 6.07) is 9.24. The molecule has 0 saturated carbocycles. The second kappa shape index (κ2) is 6.72. The Bertz CT molecular complexity index is 827. The number of aromatic nitrogens is 2. The first-order chi connectivity index (χ1) is 11.5. The van der Waals surface area contributed by atoms with E-state index in [2.05, 4.69) is 0 Å². The Morgan fingerprint density at radius 3 is 2.58 bits per heavy atom. The Hall–Kier alpha value is -2.22. The van der Waals surface area contributed by atoms with Crippen LogP contribution in [0.25, 0.3) is 0 Å². The average Bonchev–Trinajstić information content (AvgIpc) is 2.96. The molecule has 0 aliphatic carbocycles. The lowest BCUT2D eigenvalue weighted by Gasteiger charge is -2.17. The largest absolute Gasteiger partial charge is 0.394 e. The molecular weight excluding hydrogens is 312 g/mol. The third-order valence-electron chi connectivity index (χ3n) is 4.24. The molecule has 1 aliphatic rings. The molecule has 128 valence electrons. The van der Waals surface area contributed by atoms with E-state index >= 15 is 0 Å². The van der Waals surface area contributed by atoms with Crippen LogP contribution in [0, 0.1) is 6.92 Å². The molecule has 3 atom stereocenters. The van der Waals surface area contributed by atoms with E-state index in [1.165, 1.54) is 10.8 Å². The van der Waals surface area contributed by atoms with Crippen molar-refractivity contribution in [3.8, 4) is 0 Å². The van der Waals surface area contributed by atoms with Gasteiger partial charge in [-0.1, -0.05) is 30.3 Å². The van der Waals surface area contributed by atoms with Crippen molar-refractivity contribution in [2.75, 3.05) is 6.61 Å². The maximum atomic E-state index is 12.7. The summed E-state index contributed by atoms with van der Waals surface area (Å²) < 4.78 is 8.01. The number of ether oxygens (including phenoxy) is 1. The molecule has 0 amide bonds. The fourth-order valence-electron chi connectivity index (χ4n) is 2.92. The monoisotopic (exact) mass is 332 g/mol. The Labute approximate surface area is 138 Å². The number of rotatable bonds is 4. The minimum Gasteiger partial charge on any atom is -0.394 e. The van der Waals surface area contributed by atoms with E-state index in [0.717, 1.165) is 10.1 Å². The second-order valence-corrected chi connectivity index (χ2v) is 5.99. The normalized spacial score (nSPS) is 23.5. The molecule has 1 aromatic heterocycles. The molecule has 3 rings (SSSR count). The molecular formula is C17H20N2O5. The maximum Gasteiger partial charge on any atom is 0.333 e. The van der Waals surface area contributed by atoms with Gasteiger partial charge in [-0.2, -0.15) is 0 Å². The van der Waals surface area contributed by atoms with Gasteiger partial charge in [-0.05, 0) is 12.5 Å². The summed E-state index contributed by atoms with van der Waals surface area (Å²) in [4.78, 5) is 25.1. The van der Waals surface area contributed by atoms with Gasteiger partial charge < -0.3 is 14.9 Å². The van der Waals surface area contributed by atoms with Gasteiger partial charge in [0.2, 0.25) is 0 Å². The topological polar surface area (TPSA) is 93.7 Å². The van der Waals surface area contributed by atoms with Crippen molar-refractivity contribution in [2.24, 2.45) is 0 Å². The smallest absolute Gasteiger partial charge is 0.333 e. The van der Waals surface area contributed by atoms with Crippen LogP contribution in [0.1, 0.15) is 23.8 Å². The van der Waals surface area contributed by atoms with Gasteiger partial charge in [0.05, 0.1) is 19.3 Å². The third-order valence-corrected chi connectivity index (χ3v) is 4.24. The molecule has 7 nitrogen and oxygen atoms in total. The first kappa shape index (κ1) is 16.6. The number of nitrogens with zero attached hydrogens (tertiary/aromatic N) is 2. The molecule has 1 fully saturated rings. The maximum absolute atomic E-state index is 12.7. The highest BCUT2D eigenvalue weighted by molar-refractivity contribution is 5.16. The highest BCUT2D eigenvalue weighted by atomic mass is 16.5. The molecule has 0 unspecified atom stereocenters. The number of aryl methyl sites for hydroxylation is 1. The van der Waals surface area contributed by atoms with E-state index < -0.39 is 24.1 Å². The van der Waals surface area contributed by atoms with Crippen LogP contribution >= 0.6 is 0 Å². The summed E-state index contributed by atoms with van der Waals surface area (Å²) in [6.07, 6.45) is -0.637. The number of hydrogen-bond donors (Lipinski definition) is 2. The Balaban J connectivity index is 2.01. The van der Waals surface area contributed by atoms with E-state index in [1.807, 2.05) is 30.3 Å². The Morgan fingerprint density at radius 2 is 1.96 bits per heavy atom. The lowest BCUT2D eigenvalue weighted by molar-refractivity contribution is -0.0463. The van der Waals surface area contributed by atoms with Crippen LogP contribution in [-0.4, -0.2) is 38.2 Å². The first-order valence-corrected chi connectivity index (χ1v) is 7.82. The van der Waals surface area contributed by atoms with E-state index in [9.17, 15) is 19.8 Å². The third kappa shape index (κ3) is 3.06. The number of aliphatic hydroxyl groups excluding tert-OH is 2. The molecule has 2 aromatic rings. The predicted molar refractivity (Wildman–Crippen MR) is 86.9 cm³/mol. The van der Waals surface area contributed by atoms with Crippen molar-refractivity contribution in [3.05, 3.63) is 68.5 Å². The minimum absolute atomic E-state index is 0.166. The average molecular weight is 332 g/mol. The van der Waals surface area contributed by atoms with E-state index in [4.69, 9.17) is 4.74 Å². The summed E-state index contributed by atoms with van der Waals surface area (Å²) in [6.45, 7) is 1.47. The van der Waals surface area contributed by atoms with Crippen molar-refractivity contribution in [1.82, 2.24) is 9.13 Å². The molecule has 7 heteroatoms. The van der Waals surface area contributed by atoms with Crippen molar-refractivity contribution in [2.45, 2.75) is 38.3 Å². The fraction of sp³-hybridized carbons (Fsp3) is 0.412. The molecule has 1 aliphatic heterocycles. The quantitative estimate of drug-likeness (QED) is 0.822. The van der Waals surface area contributed by atoms with Gasteiger partial charge in [-0.25, -0.2) is 4.79 Å². The van der Waals surface area contributed by atoms with Gasteiger partial charge in [0.1, 0.15) is 12.3 Å². The van der Waals surface area contributed by atoms with Crippen molar-refractivity contribution in [1.29, 1.82) is 0 Å². The lowest BCUT2D eigenvalue weighted by atomic mass is 10.2. The van der Waals surface area contributed by atoms with E-state index in [-0.39, 0.29) is 25.1 Å². The zero-order valence-corrected chi connectivity index (χ0v) is 13.3. The van der Waals surface area contributed by atoms with Gasteiger partial charge in [-0.3, -0.25) is 13.9 Å². The van der Waals surface area contributed by atoms with Crippen LogP contribution in [0.3, 0.4) is 0 Å². The number of benzene rings is 1. The van der Waals surface area contributed by atoms with Gasteiger partial charge in [0.25, 0.3) is 5.56 Å². The SMILES string of the molecule is Cc1cn([C@H]2C[C@H](O)[C@@H](CO)O2)c(=O)n(Cc2ccccc2)c1=O. The highest BCUT2D eigenvalue weighted by Crippen LogP contribution is 2.27. The zero-order valence-electron chi connectivity index (χ0n) is 13.3. The standard InChI is InChI=1S/C17H20N2O5/c1-11-8-18(15-7-13(21)14(10-20)24-15)17(23)19(16(11)22)9-12-5-3-2-4-6-12/h2-6,8,13-15,20-21H,7,9-10H2,1H3/t13-,14+,15+/m0/s1. The molecule has 1 aromatic carbocycles. The van der Waals surface area contributed by atoms with Crippen LogP contribution in [0.15, 0.2) is 46.1 Å². The Morgan fingerprint density at radius 1 is 1.25 bits per heavy atom. The highest BCUT2D eigenvalue weighted by Gasteiger charge is 2.35. The van der Waals surface area contributed by atoms with Gasteiger partial charge in [0.15, 0.2) is 0 Å².